The van der Waals surface area contributed by atoms with Crippen LogP contribution in [-0.4, -0.2) is 37.8 Å². The van der Waals surface area contributed by atoms with Crippen molar-refractivity contribution in [3.05, 3.63) is 124 Å². The molecule has 1 N–H and O–H groups in total. The topological polar surface area (TPSA) is 84.7 Å². The Morgan fingerprint density at radius 3 is 2.54 bits per heavy atom. The maximum absolute atomic E-state index is 13.3. The zero-order valence-electron chi connectivity index (χ0n) is 21.5. The fourth-order valence-corrected chi connectivity index (χ4v) is 5.23. The second kappa shape index (κ2) is 11.7. The van der Waals surface area contributed by atoms with Crippen LogP contribution in [0.15, 0.2) is 102 Å². The number of aliphatic hydroxyl groups excluding tert-OH is 1. The summed E-state index contributed by atoms with van der Waals surface area (Å²) >= 11 is 3.49. The number of aryl methyl sites for hydroxylation is 2. The second-order valence-corrected chi connectivity index (χ2v) is 10.4. The number of hydrogen-bond acceptors (Lipinski definition) is 5. The minimum atomic E-state index is -0.706. The van der Waals surface area contributed by atoms with E-state index in [1.165, 1.54) is 0 Å². The first-order valence-electron chi connectivity index (χ1n) is 12.7. The maximum Gasteiger partial charge on any atom is 0.295 e. The summed E-state index contributed by atoms with van der Waals surface area (Å²) in [5, 5.41) is 11.3. The number of carbonyl (C=O) groups excluding carboxylic acids is 2. The van der Waals surface area contributed by atoms with E-state index in [2.05, 4.69) is 27.0 Å². The number of hydrogen-bond donors (Lipinski definition) is 1. The van der Waals surface area contributed by atoms with Gasteiger partial charge in [-0.15, -0.1) is 0 Å². The van der Waals surface area contributed by atoms with Crippen LogP contribution in [-0.2, 0) is 22.7 Å². The highest BCUT2D eigenvalue weighted by Gasteiger charge is 2.45. The van der Waals surface area contributed by atoms with Crippen molar-refractivity contribution < 1.29 is 19.4 Å². The van der Waals surface area contributed by atoms with E-state index < -0.39 is 17.7 Å². The van der Waals surface area contributed by atoms with Gasteiger partial charge < -0.3 is 19.3 Å². The van der Waals surface area contributed by atoms with Crippen molar-refractivity contribution in [3.8, 4) is 5.75 Å². The number of ether oxygens (including phenoxy) is 1. The third-order valence-corrected chi connectivity index (χ3v) is 7.19. The van der Waals surface area contributed by atoms with Gasteiger partial charge in [-0.1, -0.05) is 57.9 Å². The van der Waals surface area contributed by atoms with Crippen molar-refractivity contribution in [2.45, 2.75) is 32.5 Å². The monoisotopic (exact) mass is 585 g/mol. The molecule has 1 aromatic heterocycles. The molecule has 8 heteroatoms. The molecule has 1 atom stereocenters. The number of likely N-dealkylation sites (tertiary alicyclic amines) is 1. The molecule has 0 unspecified atom stereocenters. The standard InChI is InChI=1S/C31H28BrN3O4/c1-21-5-2-6-22(17-21)19-39-26-11-9-23(10-12-26)29(36)27-28(24-7-3-8-25(32)18-24)35(31(38)30(27)37)15-4-14-34-16-13-33-20-34/h2-3,5-13,16-18,20,28,36H,4,14-15,19H2,1H3/t28-/m1/s1. The summed E-state index contributed by atoms with van der Waals surface area (Å²) < 4.78 is 8.64. The zero-order chi connectivity index (χ0) is 27.4. The summed E-state index contributed by atoms with van der Waals surface area (Å²) in [5.41, 5.74) is 3.48. The van der Waals surface area contributed by atoms with Crippen molar-refractivity contribution in [1.82, 2.24) is 14.5 Å². The number of nitrogens with zero attached hydrogens (tertiary/aromatic N) is 3. The average molecular weight is 586 g/mol. The predicted octanol–water partition coefficient (Wildman–Crippen LogP) is 6.05. The maximum atomic E-state index is 13.3. The van der Waals surface area contributed by atoms with Gasteiger partial charge in [0.25, 0.3) is 11.7 Å². The average Bonchev–Trinajstić information content (AvgIpc) is 3.54. The van der Waals surface area contributed by atoms with Gasteiger partial charge in [0.15, 0.2) is 0 Å². The third kappa shape index (κ3) is 5.96. The first kappa shape index (κ1) is 26.4. The van der Waals surface area contributed by atoms with E-state index >= 15 is 0 Å². The number of rotatable bonds is 9. The molecule has 198 valence electrons. The zero-order valence-corrected chi connectivity index (χ0v) is 23.0. The summed E-state index contributed by atoms with van der Waals surface area (Å²) in [5.74, 6) is -0.887. The summed E-state index contributed by atoms with van der Waals surface area (Å²) in [6.45, 7) is 3.45. The molecule has 1 amide bonds. The molecule has 0 aliphatic carbocycles. The number of halogens is 1. The van der Waals surface area contributed by atoms with E-state index in [0.717, 1.165) is 21.2 Å². The molecule has 4 aromatic rings. The quantitative estimate of drug-likeness (QED) is 0.147. The lowest BCUT2D eigenvalue weighted by Gasteiger charge is -2.25. The molecular formula is C31H28BrN3O4. The molecule has 2 heterocycles. The number of ketones is 1. The van der Waals surface area contributed by atoms with Gasteiger partial charge in [-0.25, -0.2) is 4.98 Å². The Morgan fingerprint density at radius 1 is 1.03 bits per heavy atom. The molecule has 0 saturated carbocycles. The van der Waals surface area contributed by atoms with Crippen LogP contribution in [0.25, 0.3) is 5.76 Å². The predicted molar refractivity (Wildman–Crippen MR) is 152 cm³/mol. The van der Waals surface area contributed by atoms with Crippen LogP contribution < -0.4 is 4.74 Å². The molecule has 0 spiro atoms. The largest absolute Gasteiger partial charge is 0.507 e. The SMILES string of the molecule is Cc1cccc(COc2ccc(C(O)=C3C(=O)C(=O)N(CCCn4ccnc4)[C@@H]3c3cccc(Br)c3)cc2)c1. The highest BCUT2D eigenvalue weighted by molar-refractivity contribution is 9.10. The Balaban J connectivity index is 1.41. The number of benzene rings is 3. The van der Waals surface area contributed by atoms with Gasteiger partial charge in [0, 0.05) is 35.5 Å². The van der Waals surface area contributed by atoms with Crippen molar-refractivity contribution in [2.75, 3.05) is 6.54 Å². The van der Waals surface area contributed by atoms with Crippen LogP contribution in [0.3, 0.4) is 0 Å². The Hall–Kier alpha value is -4.17. The molecule has 3 aromatic carbocycles. The van der Waals surface area contributed by atoms with Gasteiger partial charge in [-0.3, -0.25) is 9.59 Å². The molecule has 1 aliphatic rings. The normalized spacial score (nSPS) is 16.6. The fraction of sp³-hybridized carbons (Fsp3) is 0.194. The molecule has 1 fully saturated rings. The number of aromatic nitrogens is 2. The van der Waals surface area contributed by atoms with Crippen molar-refractivity contribution in [3.63, 3.8) is 0 Å². The van der Waals surface area contributed by atoms with Crippen LogP contribution in [0, 0.1) is 6.92 Å². The van der Waals surface area contributed by atoms with Crippen LogP contribution in [0.5, 0.6) is 5.75 Å². The van der Waals surface area contributed by atoms with E-state index in [9.17, 15) is 14.7 Å². The van der Waals surface area contributed by atoms with Gasteiger partial charge in [0.1, 0.15) is 18.1 Å². The van der Waals surface area contributed by atoms with Crippen molar-refractivity contribution in [1.29, 1.82) is 0 Å². The number of imidazole rings is 1. The van der Waals surface area contributed by atoms with Crippen molar-refractivity contribution in [2.24, 2.45) is 0 Å². The Morgan fingerprint density at radius 2 is 1.82 bits per heavy atom. The minimum absolute atomic E-state index is 0.0779. The first-order chi connectivity index (χ1) is 18.9. The fourth-order valence-electron chi connectivity index (χ4n) is 4.81. The van der Waals surface area contributed by atoms with Gasteiger partial charge in [0.05, 0.1) is 17.9 Å². The molecule has 0 bridgehead atoms. The van der Waals surface area contributed by atoms with E-state index in [4.69, 9.17) is 4.74 Å². The summed E-state index contributed by atoms with van der Waals surface area (Å²) in [6.07, 6.45) is 5.90. The van der Waals surface area contributed by atoms with E-state index in [1.54, 1.807) is 41.7 Å². The van der Waals surface area contributed by atoms with Gasteiger partial charge in [0.2, 0.25) is 0 Å². The number of aliphatic hydroxyl groups is 1. The highest BCUT2D eigenvalue weighted by Crippen LogP contribution is 2.40. The van der Waals surface area contributed by atoms with Crippen LogP contribution in [0.1, 0.15) is 34.7 Å². The lowest BCUT2D eigenvalue weighted by molar-refractivity contribution is -0.139. The van der Waals surface area contributed by atoms with Crippen LogP contribution in [0.2, 0.25) is 0 Å². The lowest BCUT2D eigenvalue weighted by Crippen LogP contribution is -2.31. The number of carbonyl (C=O) groups is 2. The van der Waals surface area contributed by atoms with Gasteiger partial charge in [-0.05, 0) is 60.9 Å². The molecular weight excluding hydrogens is 558 g/mol. The molecule has 1 aliphatic heterocycles. The second-order valence-electron chi connectivity index (χ2n) is 9.50. The van der Waals surface area contributed by atoms with Gasteiger partial charge in [-0.2, -0.15) is 0 Å². The summed E-state index contributed by atoms with van der Waals surface area (Å²) in [4.78, 5) is 32.1. The smallest absolute Gasteiger partial charge is 0.295 e. The third-order valence-electron chi connectivity index (χ3n) is 6.69. The molecule has 0 radical (unpaired) electrons. The highest BCUT2D eigenvalue weighted by atomic mass is 79.9. The van der Waals surface area contributed by atoms with E-state index in [-0.39, 0.29) is 11.3 Å². The van der Waals surface area contributed by atoms with Crippen LogP contribution >= 0.6 is 15.9 Å². The summed E-state index contributed by atoms with van der Waals surface area (Å²) in [6, 6.07) is 21.7. The Kier molecular flexibility index (Phi) is 7.93. The number of amides is 1. The van der Waals surface area contributed by atoms with E-state index in [1.807, 2.05) is 60.2 Å². The number of Topliss-reactive ketones (excluding diaryl/α,β-unsaturated/α-hetero) is 1. The molecule has 5 rings (SSSR count). The molecule has 1 saturated heterocycles. The van der Waals surface area contributed by atoms with Crippen molar-refractivity contribution >= 4 is 33.4 Å². The Labute approximate surface area is 235 Å². The molecule has 39 heavy (non-hydrogen) atoms. The lowest BCUT2D eigenvalue weighted by atomic mass is 9.95. The van der Waals surface area contributed by atoms with Crippen LogP contribution in [0.4, 0.5) is 0 Å². The molecule has 7 nitrogen and oxygen atoms in total. The van der Waals surface area contributed by atoms with Gasteiger partial charge >= 0.3 is 0 Å². The first-order valence-corrected chi connectivity index (χ1v) is 13.5. The Bertz CT molecular complexity index is 1510. The summed E-state index contributed by atoms with van der Waals surface area (Å²) in [7, 11) is 0. The van der Waals surface area contributed by atoms with E-state index in [0.29, 0.717) is 37.4 Å². The minimum Gasteiger partial charge on any atom is -0.507 e.